The number of rotatable bonds is 6. The fourth-order valence-corrected chi connectivity index (χ4v) is 4.30. The SMILES string of the molecule is O=S(=O)(Cc1nc(-c2ccccc2)no1)Nc1ccc(N2CCCCC2)cc1. The summed E-state index contributed by atoms with van der Waals surface area (Å²) in [6, 6.07) is 16.7. The van der Waals surface area contributed by atoms with Crippen molar-refractivity contribution in [1.29, 1.82) is 0 Å². The molecule has 0 unspecified atom stereocenters. The average molecular weight is 398 g/mol. The van der Waals surface area contributed by atoms with Crippen LogP contribution in [0.2, 0.25) is 0 Å². The Morgan fingerprint density at radius 2 is 1.68 bits per heavy atom. The van der Waals surface area contributed by atoms with Gasteiger partial charge in [-0.25, -0.2) is 8.42 Å². The second-order valence-electron chi connectivity index (χ2n) is 6.83. The van der Waals surface area contributed by atoms with Crippen LogP contribution in [-0.4, -0.2) is 31.6 Å². The summed E-state index contributed by atoms with van der Waals surface area (Å²) in [7, 11) is -3.65. The molecule has 2 aromatic carbocycles. The van der Waals surface area contributed by atoms with Gasteiger partial charge in [-0.15, -0.1) is 0 Å². The number of piperidine rings is 1. The van der Waals surface area contributed by atoms with Crippen molar-refractivity contribution in [3.05, 3.63) is 60.5 Å². The third-order valence-corrected chi connectivity index (χ3v) is 5.85. The lowest BCUT2D eigenvalue weighted by Gasteiger charge is -2.28. The van der Waals surface area contributed by atoms with Crippen molar-refractivity contribution in [2.45, 2.75) is 25.0 Å². The van der Waals surface area contributed by atoms with Crippen LogP contribution in [-0.2, 0) is 15.8 Å². The summed E-state index contributed by atoms with van der Waals surface area (Å²) < 4.78 is 32.6. The van der Waals surface area contributed by atoms with Crippen LogP contribution in [0.3, 0.4) is 0 Å². The van der Waals surface area contributed by atoms with Crippen LogP contribution < -0.4 is 9.62 Å². The van der Waals surface area contributed by atoms with E-state index in [1.807, 2.05) is 42.5 Å². The molecule has 7 nitrogen and oxygen atoms in total. The molecule has 4 rings (SSSR count). The van der Waals surface area contributed by atoms with Crippen molar-refractivity contribution in [2.24, 2.45) is 0 Å². The lowest BCUT2D eigenvalue weighted by atomic mass is 10.1. The van der Waals surface area contributed by atoms with Gasteiger partial charge < -0.3 is 9.42 Å². The van der Waals surface area contributed by atoms with Crippen LogP contribution in [0.1, 0.15) is 25.2 Å². The molecule has 1 aliphatic rings. The first-order valence-electron chi connectivity index (χ1n) is 9.33. The zero-order chi connectivity index (χ0) is 19.4. The summed E-state index contributed by atoms with van der Waals surface area (Å²) in [6.07, 6.45) is 3.67. The molecule has 0 amide bonds. The molecule has 0 bridgehead atoms. The number of sulfonamides is 1. The summed E-state index contributed by atoms with van der Waals surface area (Å²) in [5, 5.41) is 3.86. The van der Waals surface area contributed by atoms with E-state index >= 15 is 0 Å². The van der Waals surface area contributed by atoms with Crippen LogP contribution >= 0.6 is 0 Å². The van der Waals surface area contributed by atoms with Gasteiger partial charge in [-0.05, 0) is 43.5 Å². The van der Waals surface area contributed by atoms with E-state index in [9.17, 15) is 8.42 Å². The number of hydrogen-bond donors (Lipinski definition) is 1. The molecule has 146 valence electrons. The summed E-state index contributed by atoms with van der Waals surface area (Å²) in [5.41, 5.74) is 2.41. The van der Waals surface area contributed by atoms with E-state index in [4.69, 9.17) is 4.52 Å². The Morgan fingerprint density at radius 3 is 2.39 bits per heavy atom. The van der Waals surface area contributed by atoms with Gasteiger partial charge >= 0.3 is 0 Å². The van der Waals surface area contributed by atoms with Crippen molar-refractivity contribution < 1.29 is 12.9 Å². The van der Waals surface area contributed by atoms with Crippen LogP contribution in [0, 0.1) is 0 Å². The van der Waals surface area contributed by atoms with Gasteiger partial charge in [0.15, 0.2) is 0 Å². The summed E-state index contributed by atoms with van der Waals surface area (Å²) in [5.74, 6) is 0.0498. The van der Waals surface area contributed by atoms with Gasteiger partial charge in [0.1, 0.15) is 5.75 Å². The first-order valence-corrected chi connectivity index (χ1v) is 11.0. The van der Waals surface area contributed by atoms with Gasteiger partial charge in [-0.2, -0.15) is 4.98 Å². The lowest BCUT2D eigenvalue weighted by Crippen LogP contribution is -2.29. The largest absolute Gasteiger partial charge is 0.372 e. The van der Waals surface area contributed by atoms with Crippen LogP contribution in [0.5, 0.6) is 0 Å². The molecule has 28 heavy (non-hydrogen) atoms. The molecule has 1 aliphatic heterocycles. The molecule has 0 atom stereocenters. The second kappa shape index (κ2) is 8.02. The summed E-state index contributed by atoms with van der Waals surface area (Å²) in [6.45, 7) is 2.10. The number of hydrogen-bond acceptors (Lipinski definition) is 6. The molecule has 2 heterocycles. The Kier molecular flexibility index (Phi) is 5.29. The van der Waals surface area contributed by atoms with Gasteiger partial charge in [-0.3, -0.25) is 4.72 Å². The normalized spacial score (nSPS) is 14.8. The highest BCUT2D eigenvalue weighted by atomic mass is 32.2. The number of nitrogens with one attached hydrogen (secondary N) is 1. The van der Waals surface area contributed by atoms with Gasteiger partial charge in [-0.1, -0.05) is 35.5 Å². The maximum atomic E-state index is 12.5. The first-order chi connectivity index (χ1) is 13.6. The predicted molar refractivity (Wildman–Crippen MR) is 108 cm³/mol. The molecule has 0 aliphatic carbocycles. The Balaban J connectivity index is 1.41. The van der Waals surface area contributed by atoms with Gasteiger partial charge in [0, 0.05) is 30.0 Å². The van der Waals surface area contributed by atoms with Crippen molar-refractivity contribution in [3.63, 3.8) is 0 Å². The molecular formula is C20H22N4O3S. The number of aromatic nitrogens is 2. The molecule has 1 N–H and O–H groups in total. The molecule has 1 saturated heterocycles. The van der Waals surface area contributed by atoms with Crippen LogP contribution in [0.15, 0.2) is 59.1 Å². The summed E-state index contributed by atoms with van der Waals surface area (Å²) in [4.78, 5) is 6.50. The van der Waals surface area contributed by atoms with Crippen molar-refractivity contribution in [2.75, 3.05) is 22.7 Å². The standard InChI is InChI=1S/C20H22N4O3S/c25-28(26,15-19-21-20(22-27-19)16-7-3-1-4-8-16)23-17-9-11-18(12-10-17)24-13-5-2-6-14-24/h1,3-4,7-12,23H,2,5-6,13-15H2. The molecule has 0 saturated carbocycles. The van der Waals surface area contributed by atoms with E-state index in [0.29, 0.717) is 11.5 Å². The predicted octanol–water partition coefficient (Wildman–Crippen LogP) is 3.67. The number of anilines is 2. The van der Waals surface area contributed by atoms with Crippen LogP contribution in [0.4, 0.5) is 11.4 Å². The minimum absolute atomic E-state index is 0.0521. The van der Waals surface area contributed by atoms with E-state index in [1.54, 1.807) is 12.1 Å². The minimum Gasteiger partial charge on any atom is -0.372 e. The van der Waals surface area contributed by atoms with Crippen molar-refractivity contribution in [1.82, 2.24) is 10.1 Å². The smallest absolute Gasteiger partial charge is 0.244 e. The number of nitrogens with zero attached hydrogens (tertiary/aromatic N) is 3. The monoisotopic (exact) mass is 398 g/mol. The second-order valence-corrected chi connectivity index (χ2v) is 8.56. The van der Waals surface area contributed by atoms with E-state index in [2.05, 4.69) is 19.8 Å². The molecule has 0 radical (unpaired) electrons. The molecule has 3 aromatic rings. The number of benzene rings is 2. The van der Waals surface area contributed by atoms with Crippen LogP contribution in [0.25, 0.3) is 11.4 Å². The fraction of sp³-hybridized carbons (Fsp3) is 0.300. The maximum absolute atomic E-state index is 12.5. The van der Waals surface area contributed by atoms with E-state index < -0.39 is 10.0 Å². The van der Waals surface area contributed by atoms with Crippen molar-refractivity contribution in [3.8, 4) is 11.4 Å². The Hall–Kier alpha value is -2.87. The van der Waals surface area contributed by atoms with E-state index in [-0.39, 0.29) is 11.6 Å². The van der Waals surface area contributed by atoms with Gasteiger partial charge in [0.25, 0.3) is 0 Å². The highest BCUT2D eigenvalue weighted by Gasteiger charge is 2.18. The molecule has 8 heteroatoms. The molecular weight excluding hydrogens is 376 g/mol. The maximum Gasteiger partial charge on any atom is 0.244 e. The quantitative estimate of drug-likeness (QED) is 0.682. The Morgan fingerprint density at radius 1 is 0.964 bits per heavy atom. The summed E-state index contributed by atoms with van der Waals surface area (Å²) >= 11 is 0. The minimum atomic E-state index is -3.65. The van der Waals surface area contributed by atoms with Gasteiger partial charge in [0.05, 0.1) is 0 Å². The van der Waals surface area contributed by atoms with Crippen molar-refractivity contribution >= 4 is 21.4 Å². The fourth-order valence-electron chi connectivity index (χ4n) is 3.29. The average Bonchev–Trinajstić information content (AvgIpc) is 3.17. The zero-order valence-electron chi connectivity index (χ0n) is 15.4. The third kappa shape index (κ3) is 4.51. The Bertz CT molecular complexity index is 1010. The van der Waals surface area contributed by atoms with Gasteiger partial charge in [0.2, 0.25) is 21.7 Å². The third-order valence-electron chi connectivity index (χ3n) is 4.68. The highest BCUT2D eigenvalue weighted by molar-refractivity contribution is 7.91. The topological polar surface area (TPSA) is 88.3 Å². The molecule has 1 fully saturated rings. The molecule has 1 aromatic heterocycles. The zero-order valence-corrected chi connectivity index (χ0v) is 16.2. The van der Waals surface area contributed by atoms with E-state index in [1.165, 1.54) is 19.3 Å². The highest BCUT2D eigenvalue weighted by Crippen LogP contribution is 2.23. The first kappa shape index (κ1) is 18.5. The molecule has 0 spiro atoms. The van der Waals surface area contributed by atoms with E-state index in [0.717, 1.165) is 24.3 Å². The lowest BCUT2D eigenvalue weighted by molar-refractivity contribution is 0.389. The Labute approximate surface area is 164 Å².